The summed E-state index contributed by atoms with van der Waals surface area (Å²) in [6.45, 7) is 0.226. The second-order valence-electron chi connectivity index (χ2n) is 7.05. The van der Waals surface area contributed by atoms with Crippen LogP contribution >= 0.6 is 74.7 Å². The molecule has 0 bridgehead atoms. The summed E-state index contributed by atoms with van der Waals surface area (Å²) >= 11 is 28.4. The van der Waals surface area contributed by atoms with Gasteiger partial charge in [-0.05, 0) is 76.1 Å². The monoisotopic (exact) mass is 613 g/mol. The molecule has 174 valence electrons. The van der Waals surface area contributed by atoms with E-state index in [9.17, 15) is 4.79 Å². The van der Waals surface area contributed by atoms with Gasteiger partial charge in [-0.2, -0.15) is 0 Å². The molecule has 0 saturated carbocycles. The maximum Gasteiger partial charge on any atom is 0.270 e. The first-order valence-electron chi connectivity index (χ1n) is 9.74. The minimum absolute atomic E-state index is 0.204. The van der Waals surface area contributed by atoms with Gasteiger partial charge in [-0.15, -0.1) is 0 Å². The number of hydrogen-bond donors (Lipinski definition) is 0. The number of halogens is 4. The molecular formula is C24H15BrCl3NO3S2. The number of ether oxygens (including phenoxy) is 2. The van der Waals surface area contributed by atoms with Crippen molar-refractivity contribution in [2.24, 2.45) is 0 Å². The van der Waals surface area contributed by atoms with Gasteiger partial charge in [-0.3, -0.25) is 9.69 Å². The molecule has 1 fully saturated rings. The average molecular weight is 616 g/mol. The molecule has 4 rings (SSSR count). The zero-order valence-electron chi connectivity index (χ0n) is 17.5. The van der Waals surface area contributed by atoms with Crippen LogP contribution in [-0.4, -0.2) is 17.3 Å². The van der Waals surface area contributed by atoms with Crippen LogP contribution in [0.15, 0.2) is 64.0 Å². The first-order chi connectivity index (χ1) is 16.3. The predicted octanol–water partition coefficient (Wildman–Crippen LogP) is 8.40. The van der Waals surface area contributed by atoms with E-state index in [0.29, 0.717) is 46.0 Å². The summed E-state index contributed by atoms with van der Waals surface area (Å²) in [6.07, 6.45) is 1.77. The summed E-state index contributed by atoms with van der Waals surface area (Å²) in [6, 6.07) is 15.8. The van der Waals surface area contributed by atoms with Crippen molar-refractivity contribution in [3.05, 3.63) is 90.2 Å². The van der Waals surface area contributed by atoms with Crippen molar-refractivity contribution >= 4 is 96.7 Å². The quantitative estimate of drug-likeness (QED) is 0.206. The third kappa shape index (κ3) is 5.56. The highest BCUT2D eigenvalue weighted by Crippen LogP contribution is 2.41. The van der Waals surface area contributed by atoms with Gasteiger partial charge >= 0.3 is 0 Å². The minimum atomic E-state index is -0.204. The van der Waals surface area contributed by atoms with Gasteiger partial charge in [0, 0.05) is 20.6 Å². The first-order valence-corrected chi connectivity index (χ1v) is 12.9. The molecule has 4 nitrogen and oxygen atoms in total. The molecule has 1 heterocycles. The highest BCUT2D eigenvalue weighted by molar-refractivity contribution is 9.10. The zero-order chi connectivity index (χ0) is 24.4. The Kier molecular flexibility index (Phi) is 8.12. The smallest absolute Gasteiger partial charge is 0.270 e. The van der Waals surface area contributed by atoms with Gasteiger partial charge < -0.3 is 9.47 Å². The van der Waals surface area contributed by atoms with Gasteiger partial charge in [0.2, 0.25) is 0 Å². The highest BCUT2D eigenvalue weighted by atomic mass is 79.9. The molecule has 0 aliphatic carbocycles. The Hall–Kier alpha value is -1.74. The maximum absolute atomic E-state index is 13.1. The van der Waals surface area contributed by atoms with Crippen molar-refractivity contribution in [2.45, 2.75) is 6.61 Å². The topological polar surface area (TPSA) is 38.8 Å². The molecule has 1 aliphatic rings. The van der Waals surface area contributed by atoms with Crippen LogP contribution in [0.4, 0.5) is 5.69 Å². The molecule has 3 aromatic carbocycles. The van der Waals surface area contributed by atoms with Crippen LogP contribution in [0.5, 0.6) is 11.5 Å². The molecule has 0 spiro atoms. The third-order valence-electron chi connectivity index (χ3n) is 4.82. The molecule has 0 N–H and O–H groups in total. The number of anilines is 1. The lowest BCUT2D eigenvalue weighted by molar-refractivity contribution is -0.113. The SMILES string of the molecule is COc1cc(/C=C2/SC(=S)N(c3ccc(Cl)cc3)C2=O)cc(Br)c1OCc1ccc(Cl)cc1Cl. The van der Waals surface area contributed by atoms with E-state index < -0.39 is 0 Å². The van der Waals surface area contributed by atoms with E-state index in [1.165, 1.54) is 16.7 Å². The molecule has 34 heavy (non-hydrogen) atoms. The number of hydrogen-bond acceptors (Lipinski definition) is 5. The normalized spacial score (nSPS) is 14.7. The van der Waals surface area contributed by atoms with Crippen molar-refractivity contribution in [1.82, 2.24) is 0 Å². The Morgan fingerprint density at radius 2 is 1.76 bits per heavy atom. The van der Waals surface area contributed by atoms with E-state index in [2.05, 4.69) is 15.9 Å². The fourth-order valence-electron chi connectivity index (χ4n) is 3.18. The molecule has 0 atom stereocenters. The Balaban J connectivity index is 1.58. The molecule has 0 radical (unpaired) electrons. The second kappa shape index (κ2) is 10.9. The summed E-state index contributed by atoms with van der Waals surface area (Å²) in [5.41, 5.74) is 2.20. The number of amides is 1. The summed E-state index contributed by atoms with van der Waals surface area (Å²) in [7, 11) is 1.55. The third-order valence-corrected chi connectivity index (χ3v) is 7.55. The summed E-state index contributed by atoms with van der Waals surface area (Å²) in [4.78, 5) is 15.0. The average Bonchev–Trinajstić information content (AvgIpc) is 3.07. The van der Waals surface area contributed by atoms with Crippen molar-refractivity contribution < 1.29 is 14.3 Å². The van der Waals surface area contributed by atoms with Gasteiger partial charge in [-0.25, -0.2) is 0 Å². The van der Waals surface area contributed by atoms with Crippen LogP contribution in [-0.2, 0) is 11.4 Å². The lowest BCUT2D eigenvalue weighted by atomic mass is 10.1. The Labute approximate surface area is 229 Å². The van der Waals surface area contributed by atoms with E-state index in [-0.39, 0.29) is 12.5 Å². The molecule has 0 aromatic heterocycles. The number of nitrogens with zero attached hydrogens (tertiary/aromatic N) is 1. The van der Waals surface area contributed by atoms with Crippen molar-refractivity contribution in [1.29, 1.82) is 0 Å². The van der Waals surface area contributed by atoms with E-state index >= 15 is 0 Å². The van der Waals surface area contributed by atoms with Gasteiger partial charge in [-0.1, -0.05) is 64.8 Å². The molecule has 1 saturated heterocycles. The Bertz CT molecular complexity index is 1320. The Morgan fingerprint density at radius 3 is 2.44 bits per heavy atom. The van der Waals surface area contributed by atoms with Crippen LogP contribution in [0.2, 0.25) is 15.1 Å². The van der Waals surface area contributed by atoms with Crippen molar-refractivity contribution in [2.75, 3.05) is 12.0 Å². The van der Waals surface area contributed by atoms with Crippen LogP contribution < -0.4 is 14.4 Å². The van der Waals surface area contributed by atoms with Crippen molar-refractivity contribution in [3.8, 4) is 11.5 Å². The number of carbonyl (C=O) groups is 1. The van der Waals surface area contributed by atoms with Crippen molar-refractivity contribution in [3.63, 3.8) is 0 Å². The van der Waals surface area contributed by atoms with E-state index in [0.717, 1.165) is 11.1 Å². The molecule has 3 aromatic rings. The minimum Gasteiger partial charge on any atom is -0.493 e. The van der Waals surface area contributed by atoms with Crippen LogP contribution in [0.3, 0.4) is 0 Å². The predicted molar refractivity (Wildman–Crippen MR) is 149 cm³/mol. The largest absolute Gasteiger partial charge is 0.493 e. The lowest BCUT2D eigenvalue weighted by Crippen LogP contribution is -2.27. The molecule has 1 aliphatic heterocycles. The van der Waals surface area contributed by atoms with Gasteiger partial charge in [0.05, 0.1) is 22.2 Å². The van der Waals surface area contributed by atoms with Crippen LogP contribution in [0.25, 0.3) is 6.08 Å². The number of carbonyl (C=O) groups excluding carboxylic acids is 1. The molecular weight excluding hydrogens is 601 g/mol. The van der Waals surface area contributed by atoms with Gasteiger partial charge in [0.1, 0.15) is 6.61 Å². The van der Waals surface area contributed by atoms with E-state index in [1.807, 2.05) is 12.1 Å². The number of thiocarbonyl (C=S) groups is 1. The number of methoxy groups -OCH3 is 1. The standard InChI is InChI=1S/C24H15BrCl3NO3S2/c1-31-20-9-13(8-18(25)22(20)32-12-14-2-3-16(27)11-19(14)28)10-21-23(30)29(24(33)34-21)17-6-4-15(26)5-7-17/h2-11H,12H2,1H3/b21-10+. The van der Waals surface area contributed by atoms with E-state index in [1.54, 1.807) is 55.7 Å². The summed E-state index contributed by atoms with van der Waals surface area (Å²) in [5.74, 6) is 0.809. The molecule has 10 heteroatoms. The molecule has 0 unspecified atom stereocenters. The van der Waals surface area contributed by atoms with Gasteiger partial charge in [0.25, 0.3) is 5.91 Å². The zero-order valence-corrected chi connectivity index (χ0v) is 23.0. The molecule has 1 amide bonds. The second-order valence-corrected chi connectivity index (χ2v) is 10.9. The van der Waals surface area contributed by atoms with Gasteiger partial charge in [0.15, 0.2) is 15.8 Å². The number of thioether (sulfide) groups is 1. The first kappa shape index (κ1) is 25.4. The number of rotatable bonds is 6. The van der Waals surface area contributed by atoms with Crippen LogP contribution in [0.1, 0.15) is 11.1 Å². The summed E-state index contributed by atoms with van der Waals surface area (Å²) in [5, 5.41) is 1.66. The highest BCUT2D eigenvalue weighted by Gasteiger charge is 2.33. The lowest BCUT2D eigenvalue weighted by Gasteiger charge is -2.15. The summed E-state index contributed by atoms with van der Waals surface area (Å²) < 4.78 is 12.6. The fraction of sp³-hybridized carbons (Fsp3) is 0.0833. The Morgan fingerprint density at radius 1 is 1.06 bits per heavy atom. The number of benzene rings is 3. The van der Waals surface area contributed by atoms with Crippen LogP contribution in [0, 0.1) is 0 Å². The maximum atomic E-state index is 13.1. The fourth-order valence-corrected chi connectivity index (χ4v) is 5.65. The van der Waals surface area contributed by atoms with E-state index in [4.69, 9.17) is 56.5 Å².